The van der Waals surface area contributed by atoms with E-state index in [0.717, 1.165) is 47.3 Å². The molecule has 2 aromatic carbocycles. The van der Waals surface area contributed by atoms with Crippen molar-refractivity contribution in [2.45, 2.75) is 32.9 Å². The Morgan fingerprint density at radius 3 is 2.48 bits per heavy atom. The topological polar surface area (TPSA) is 57.1 Å². The van der Waals surface area contributed by atoms with Crippen LogP contribution < -0.4 is 5.69 Å². The van der Waals surface area contributed by atoms with Gasteiger partial charge in [0.1, 0.15) is 5.82 Å². The summed E-state index contributed by atoms with van der Waals surface area (Å²) in [5, 5.41) is 0. The van der Waals surface area contributed by atoms with E-state index < -0.39 is 0 Å². The van der Waals surface area contributed by atoms with Gasteiger partial charge in [0, 0.05) is 19.3 Å². The molecule has 0 unspecified atom stereocenters. The van der Waals surface area contributed by atoms with E-state index in [-0.39, 0.29) is 5.69 Å². The van der Waals surface area contributed by atoms with Crippen molar-refractivity contribution in [1.82, 2.24) is 18.7 Å². The van der Waals surface area contributed by atoms with Gasteiger partial charge in [0.2, 0.25) is 0 Å². The second-order valence-electron chi connectivity index (χ2n) is 7.18. The van der Waals surface area contributed by atoms with Gasteiger partial charge in [-0.2, -0.15) is 0 Å². The zero-order valence-electron chi connectivity index (χ0n) is 16.9. The Bertz CT molecular complexity index is 1270. The van der Waals surface area contributed by atoms with Gasteiger partial charge in [-0.25, -0.2) is 9.78 Å². The third-order valence-corrected chi connectivity index (χ3v) is 5.15. The first-order chi connectivity index (χ1) is 14.1. The van der Waals surface area contributed by atoms with E-state index in [1.54, 1.807) is 16.2 Å². The smallest absolute Gasteiger partial charge is 0.326 e. The molecule has 0 amide bonds. The fraction of sp³-hybridized carbons (Fsp3) is 0.261. The molecule has 6 heteroatoms. The van der Waals surface area contributed by atoms with E-state index in [2.05, 4.69) is 22.2 Å². The lowest BCUT2D eigenvalue weighted by Crippen LogP contribution is -2.25. The highest BCUT2D eigenvalue weighted by Gasteiger charge is 2.17. The predicted molar refractivity (Wildman–Crippen MR) is 120 cm³/mol. The van der Waals surface area contributed by atoms with Crippen LogP contribution in [0.2, 0.25) is 0 Å². The fourth-order valence-corrected chi connectivity index (χ4v) is 3.84. The van der Waals surface area contributed by atoms with Gasteiger partial charge in [-0.15, -0.1) is 0 Å². The second-order valence-corrected chi connectivity index (χ2v) is 7.18. The molecule has 4 rings (SSSR count). The second kappa shape index (κ2) is 7.91. The summed E-state index contributed by atoms with van der Waals surface area (Å²) < 4.78 is 5.67. The van der Waals surface area contributed by atoms with Crippen molar-refractivity contribution in [3.8, 4) is 0 Å². The number of allylic oxidation sites excluding steroid dienone is 1. The van der Waals surface area contributed by atoms with E-state index in [4.69, 9.17) is 4.98 Å². The number of unbranched alkanes of at least 4 members (excludes halogenated alkanes) is 1. The lowest BCUT2D eigenvalue weighted by Gasteiger charge is -2.09. The Balaban J connectivity index is 1.82. The normalized spacial score (nSPS) is 11.8. The minimum Gasteiger partial charge on any atom is -0.326 e. The summed E-state index contributed by atoms with van der Waals surface area (Å²) in [4.78, 5) is 22.1. The average Bonchev–Trinajstić information content (AvgIpc) is 3.20. The summed E-state index contributed by atoms with van der Waals surface area (Å²) in [6.07, 6.45) is 3.81. The summed E-state index contributed by atoms with van der Waals surface area (Å²) in [5.74, 6) is 0.881. The fourth-order valence-electron chi connectivity index (χ4n) is 3.84. The molecule has 4 aromatic rings. The van der Waals surface area contributed by atoms with Crippen LogP contribution >= 0.6 is 0 Å². The highest BCUT2D eigenvalue weighted by atomic mass is 16.1. The molecule has 0 spiro atoms. The number of rotatable bonds is 7. The summed E-state index contributed by atoms with van der Waals surface area (Å²) >= 11 is 0. The minimum atomic E-state index is -0.0876. The molecule has 29 heavy (non-hydrogen) atoms. The highest BCUT2D eigenvalue weighted by molar-refractivity contribution is 5.80. The van der Waals surface area contributed by atoms with Crippen LogP contribution in [0.1, 0.15) is 25.6 Å². The number of fused-ring (bicyclic) bond motifs is 2. The Kier molecular flexibility index (Phi) is 5.16. The monoisotopic (exact) mass is 387 g/mol. The molecule has 0 atom stereocenters. The van der Waals surface area contributed by atoms with Gasteiger partial charge >= 0.3 is 5.69 Å². The largest absolute Gasteiger partial charge is 0.333 e. The molecule has 2 aromatic heterocycles. The van der Waals surface area contributed by atoms with Crippen LogP contribution in [0.4, 0.5) is 0 Å². The van der Waals surface area contributed by atoms with Crippen molar-refractivity contribution in [2.24, 2.45) is 4.99 Å². The SMILES string of the molecule is C=C(C)n1c(=O)n(Cc2nc3ccccc3n2CCCC=NC)c2ccccc21. The number of para-hydroxylation sites is 4. The Hall–Kier alpha value is -3.41. The molecular formula is C23H25N5O. The molecule has 0 bridgehead atoms. The van der Waals surface area contributed by atoms with Crippen molar-refractivity contribution < 1.29 is 0 Å². The van der Waals surface area contributed by atoms with E-state index in [0.29, 0.717) is 12.2 Å². The molecule has 0 saturated heterocycles. The molecule has 0 aliphatic carbocycles. The lowest BCUT2D eigenvalue weighted by molar-refractivity contribution is 0.612. The average molecular weight is 387 g/mol. The van der Waals surface area contributed by atoms with E-state index in [9.17, 15) is 4.79 Å². The lowest BCUT2D eigenvalue weighted by atomic mass is 10.3. The van der Waals surface area contributed by atoms with Gasteiger partial charge in [0.15, 0.2) is 0 Å². The quantitative estimate of drug-likeness (QED) is 0.353. The molecular weight excluding hydrogens is 362 g/mol. The summed E-state index contributed by atoms with van der Waals surface area (Å²) in [5.41, 5.74) is 4.41. The first-order valence-corrected chi connectivity index (χ1v) is 9.82. The number of nitrogens with zero attached hydrogens (tertiary/aromatic N) is 5. The number of hydrogen-bond acceptors (Lipinski definition) is 3. The minimum absolute atomic E-state index is 0.0876. The maximum atomic E-state index is 13.2. The molecule has 148 valence electrons. The Morgan fingerprint density at radius 2 is 1.76 bits per heavy atom. The number of imidazole rings is 2. The van der Waals surface area contributed by atoms with Crippen LogP contribution in [-0.2, 0) is 13.1 Å². The molecule has 0 aliphatic heterocycles. The Labute approximate surface area is 169 Å². The molecule has 0 saturated carbocycles. The number of aromatic nitrogens is 4. The van der Waals surface area contributed by atoms with Crippen molar-refractivity contribution in [2.75, 3.05) is 7.05 Å². The zero-order chi connectivity index (χ0) is 20.4. The summed E-state index contributed by atoms with van der Waals surface area (Å²) in [6, 6.07) is 15.9. The van der Waals surface area contributed by atoms with Crippen molar-refractivity contribution >= 4 is 34.0 Å². The van der Waals surface area contributed by atoms with E-state index in [1.165, 1.54) is 0 Å². The predicted octanol–water partition coefficient (Wildman–Crippen LogP) is 4.17. The first-order valence-electron chi connectivity index (χ1n) is 9.82. The Morgan fingerprint density at radius 1 is 1.07 bits per heavy atom. The van der Waals surface area contributed by atoms with Crippen LogP contribution in [0.5, 0.6) is 0 Å². The highest BCUT2D eigenvalue weighted by Crippen LogP contribution is 2.20. The zero-order valence-corrected chi connectivity index (χ0v) is 16.9. The number of hydrogen-bond donors (Lipinski definition) is 0. The summed E-state index contributed by atoms with van der Waals surface area (Å²) in [7, 11) is 1.79. The molecule has 6 nitrogen and oxygen atoms in total. The van der Waals surface area contributed by atoms with Crippen molar-refractivity contribution in [3.63, 3.8) is 0 Å². The van der Waals surface area contributed by atoms with Gasteiger partial charge < -0.3 is 9.56 Å². The summed E-state index contributed by atoms with van der Waals surface area (Å²) in [6.45, 7) is 7.08. The van der Waals surface area contributed by atoms with Crippen LogP contribution in [0.3, 0.4) is 0 Å². The van der Waals surface area contributed by atoms with Gasteiger partial charge in [-0.3, -0.25) is 9.13 Å². The van der Waals surface area contributed by atoms with Crippen molar-refractivity contribution in [1.29, 1.82) is 0 Å². The number of benzene rings is 2. The third kappa shape index (κ3) is 3.42. The van der Waals surface area contributed by atoms with E-state index in [1.807, 2.05) is 55.6 Å². The van der Waals surface area contributed by atoms with Gasteiger partial charge in [-0.05, 0) is 50.2 Å². The van der Waals surface area contributed by atoms with Gasteiger partial charge in [0.25, 0.3) is 0 Å². The number of aliphatic imine (C=N–C) groups is 1. The first kappa shape index (κ1) is 18.9. The third-order valence-electron chi connectivity index (χ3n) is 5.15. The van der Waals surface area contributed by atoms with Gasteiger partial charge in [-0.1, -0.05) is 30.8 Å². The number of aryl methyl sites for hydroxylation is 1. The van der Waals surface area contributed by atoms with Crippen LogP contribution in [0.15, 0.2) is 64.9 Å². The van der Waals surface area contributed by atoms with Crippen LogP contribution in [0.25, 0.3) is 27.8 Å². The molecule has 0 radical (unpaired) electrons. The molecule has 0 aliphatic rings. The molecule has 0 N–H and O–H groups in total. The molecule has 0 fully saturated rings. The maximum absolute atomic E-state index is 13.2. The van der Waals surface area contributed by atoms with E-state index >= 15 is 0 Å². The standard InChI is InChI=1S/C23H25N5O/c1-17(2)28-21-13-7-6-12-20(21)27(23(28)29)16-22-25-18-10-4-5-11-19(18)26(22)15-9-8-14-24-3/h4-7,10-14H,1,8-9,15-16H2,2-3H3. The maximum Gasteiger partial charge on any atom is 0.333 e. The molecule has 2 heterocycles. The van der Waals surface area contributed by atoms with Gasteiger partial charge in [0.05, 0.1) is 28.6 Å². The van der Waals surface area contributed by atoms with Crippen molar-refractivity contribution in [3.05, 3.63) is 71.4 Å². The van der Waals surface area contributed by atoms with Crippen LogP contribution in [-0.4, -0.2) is 31.9 Å². The van der Waals surface area contributed by atoms with Crippen LogP contribution in [0, 0.1) is 0 Å².